The van der Waals surface area contributed by atoms with Gasteiger partial charge in [-0.25, -0.2) is 0 Å². The standard InChI is InChI=1S/C14H25NO3/c1-10(14(2,3)4)7-12(16)15-6-5-11(9-15)8-13(17)18/h10-11H,5-9H2,1-4H3,(H,17,18). The van der Waals surface area contributed by atoms with E-state index in [9.17, 15) is 9.59 Å². The number of carboxylic acid groups (broad SMARTS) is 1. The lowest BCUT2D eigenvalue weighted by molar-refractivity contribution is -0.138. The number of nitrogens with zero attached hydrogens (tertiary/aromatic N) is 1. The highest BCUT2D eigenvalue weighted by Crippen LogP contribution is 2.29. The number of carbonyl (C=O) groups is 2. The van der Waals surface area contributed by atoms with E-state index in [1.54, 1.807) is 0 Å². The largest absolute Gasteiger partial charge is 0.481 e. The second-order valence-corrected chi connectivity index (χ2v) is 6.56. The van der Waals surface area contributed by atoms with Crippen LogP contribution in [0, 0.1) is 17.3 Å². The van der Waals surface area contributed by atoms with E-state index in [-0.39, 0.29) is 23.7 Å². The summed E-state index contributed by atoms with van der Waals surface area (Å²) in [6, 6.07) is 0. The number of amides is 1. The molecule has 104 valence electrons. The van der Waals surface area contributed by atoms with Crippen molar-refractivity contribution >= 4 is 11.9 Å². The van der Waals surface area contributed by atoms with Gasteiger partial charge in [0.15, 0.2) is 0 Å². The van der Waals surface area contributed by atoms with E-state index in [0.29, 0.717) is 25.4 Å². The molecule has 2 atom stereocenters. The van der Waals surface area contributed by atoms with E-state index < -0.39 is 5.97 Å². The monoisotopic (exact) mass is 255 g/mol. The molecule has 0 aromatic rings. The fraction of sp³-hybridized carbons (Fsp3) is 0.857. The van der Waals surface area contributed by atoms with Gasteiger partial charge in [0.1, 0.15) is 0 Å². The Bertz CT molecular complexity index is 319. The summed E-state index contributed by atoms with van der Waals surface area (Å²) in [5, 5.41) is 8.75. The van der Waals surface area contributed by atoms with Crippen molar-refractivity contribution in [1.82, 2.24) is 4.90 Å². The van der Waals surface area contributed by atoms with Gasteiger partial charge >= 0.3 is 5.97 Å². The van der Waals surface area contributed by atoms with E-state index in [2.05, 4.69) is 27.7 Å². The molecule has 0 spiro atoms. The van der Waals surface area contributed by atoms with Gasteiger partial charge in [0, 0.05) is 25.9 Å². The van der Waals surface area contributed by atoms with E-state index >= 15 is 0 Å². The maximum absolute atomic E-state index is 12.1. The van der Waals surface area contributed by atoms with Crippen LogP contribution in [-0.4, -0.2) is 35.0 Å². The summed E-state index contributed by atoms with van der Waals surface area (Å²) < 4.78 is 0. The molecule has 0 aromatic carbocycles. The Morgan fingerprint density at radius 3 is 2.50 bits per heavy atom. The lowest BCUT2D eigenvalue weighted by atomic mass is 9.80. The van der Waals surface area contributed by atoms with E-state index in [1.165, 1.54) is 0 Å². The fourth-order valence-electron chi connectivity index (χ4n) is 2.17. The Morgan fingerprint density at radius 2 is 2.00 bits per heavy atom. The number of aliphatic carboxylic acids is 1. The first-order valence-electron chi connectivity index (χ1n) is 6.69. The average Bonchev–Trinajstić information content (AvgIpc) is 2.63. The average molecular weight is 255 g/mol. The summed E-state index contributed by atoms with van der Waals surface area (Å²) in [6.07, 6.45) is 1.56. The molecule has 4 nitrogen and oxygen atoms in total. The molecule has 1 fully saturated rings. The number of carbonyl (C=O) groups excluding carboxylic acids is 1. The van der Waals surface area contributed by atoms with Gasteiger partial charge in [-0.05, 0) is 23.7 Å². The molecule has 4 heteroatoms. The predicted octanol–water partition coefficient (Wildman–Crippen LogP) is 2.38. The highest BCUT2D eigenvalue weighted by molar-refractivity contribution is 5.77. The SMILES string of the molecule is CC(CC(=O)N1CCC(CC(=O)O)C1)C(C)(C)C. The van der Waals surface area contributed by atoms with Crippen LogP contribution in [0.4, 0.5) is 0 Å². The van der Waals surface area contributed by atoms with Crippen LogP contribution >= 0.6 is 0 Å². The van der Waals surface area contributed by atoms with Crippen LogP contribution in [0.1, 0.15) is 47.0 Å². The van der Waals surface area contributed by atoms with Crippen LogP contribution in [0.15, 0.2) is 0 Å². The Balaban J connectivity index is 2.43. The van der Waals surface area contributed by atoms with Gasteiger partial charge in [0.05, 0.1) is 0 Å². The second kappa shape index (κ2) is 5.72. The molecule has 1 heterocycles. The van der Waals surface area contributed by atoms with Gasteiger partial charge in [0.2, 0.25) is 5.91 Å². The summed E-state index contributed by atoms with van der Waals surface area (Å²) >= 11 is 0. The molecule has 1 aliphatic rings. The number of likely N-dealkylation sites (tertiary alicyclic amines) is 1. The van der Waals surface area contributed by atoms with Crippen LogP contribution < -0.4 is 0 Å². The third kappa shape index (κ3) is 4.31. The zero-order valence-corrected chi connectivity index (χ0v) is 11.9. The molecule has 1 aliphatic heterocycles. The lowest BCUT2D eigenvalue weighted by Gasteiger charge is -2.28. The minimum atomic E-state index is -0.766. The Morgan fingerprint density at radius 1 is 1.39 bits per heavy atom. The van der Waals surface area contributed by atoms with Crippen LogP contribution in [0.5, 0.6) is 0 Å². The molecule has 0 radical (unpaired) electrons. The van der Waals surface area contributed by atoms with E-state index in [0.717, 1.165) is 6.42 Å². The summed E-state index contributed by atoms with van der Waals surface area (Å²) in [6.45, 7) is 9.85. The van der Waals surface area contributed by atoms with Crippen LogP contribution in [0.3, 0.4) is 0 Å². The molecule has 18 heavy (non-hydrogen) atoms. The topological polar surface area (TPSA) is 57.6 Å². The van der Waals surface area contributed by atoms with E-state index in [1.807, 2.05) is 4.90 Å². The van der Waals surface area contributed by atoms with Crippen molar-refractivity contribution < 1.29 is 14.7 Å². The van der Waals surface area contributed by atoms with Gasteiger partial charge in [-0.2, -0.15) is 0 Å². The highest BCUT2D eigenvalue weighted by Gasteiger charge is 2.30. The van der Waals surface area contributed by atoms with Gasteiger partial charge in [0.25, 0.3) is 0 Å². The summed E-state index contributed by atoms with van der Waals surface area (Å²) in [4.78, 5) is 24.6. The first kappa shape index (κ1) is 15.0. The van der Waals surface area contributed by atoms with Crippen LogP contribution in [-0.2, 0) is 9.59 Å². The molecule has 1 saturated heterocycles. The van der Waals surface area contributed by atoms with Crippen molar-refractivity contribution in [2.24, 2.45) is 17.3 Å². The molecular weight excluding hydrogens is 230 g/mol. The predicted molar refractivity (Wildman–Crippen MR) is 70.2 cm³/mol. The molecule has 0 bridgehead atoms. The summed E-state index contributed by atoms with van der Waals surface area (Å²) in [5.74, 6) is -0.123. The number of rotatable bonds is 4. The summed E-state index contributed by atoms with van der Waals surface area (Å²) in [5.41, 5.74) is 0.135. The smallest absolute Gasteiger partial charge is 0.303 e. The first-order valence-corrected chi connectivity index (χ1v) is 6.69. The molecule has 1 rings (SSSR count). The summed E-state index contributed by atoms with van der Waals surface area (Å²) in [7, 11) is 0. The molecule has 1 amide bonds. The molecular formula is C14H25NO3. The maximum atomic E-state index is 12.1. The Kier molecular flexibility index (Phi) is 4.77. The normalized spacial score (nSPS) is 22.0. The van der Waals surface area contributed by atoms with Gasteiger partial charge < -0.3 is 10.0 Å². The Labute approximate surface area is 109 Å². The van der Waals surface area contributed by atoms with Gasteiger partial charge in [-0.15, -0.1) is 0 Å². The fourth-order valence-corrected chi connectivity index (χ4v) is 2.17. The number of hydrogen-bond donors (Lipinski definition) is 1. The number of hydrogen-bond acceptors (Lipinski definition) is 2. The second-order valence-electron chi connectivity index (χ2n) is 6.56. The zero-order valence-electron chi connectivity index (χ0n) is 11.9. The van der Waals surface area contributed by atoms with Crippen molar-refractivity contribution in [1.29, 1.82) is 0 Å². The van der Waals surface area contributed by atoms with Crippen molar-refractivity contribution in [3.8, 4) is 0 Å². The third-order valence-electron chi connectivity index (χ3n) is 4.06. The van der Waals surface area contributed by atoms with Crippen molar-refractivity contribution in [3.05, 3.63) is 0 Å². The molecule has 0 aliphatic carbocycles. The first-order chi connectivity index (χ1) is 8.20. The molecule has 0 aromatic heterocycles. The van der Waals surface area contributed by atoms with E-state index in [4.69, 9.17) is 5.11 Å². The van der Waals surface area contributed by atoms with Crippen molar-refractivity contribution in [2.45, 2.75) is 47.0 Å². The minimum Gasteiger partial charge on any atom is -0.481 e. The molecule has 0 saturated carbocycles. The quantitative estimate of drug-likeness (QED) is 0.839. The molecule has 1 N–H and O–H groups in total. The zero-order chi connectivity index (χ0) is 13.9. The highest BCUT2D eigenvalue weighted by atomic mass is 16.4. The minimum absolute atomic E-state index is 0.135. The maximum Gasteiger partial charge on any atom is 0.303 e. The van der Waals surface area contributed by atoms with Gasteiger partial charge in [-0.3, -0.25) is 9.59 Å². The van der Waals surface area contributed by atoms with Crippen LogP contribution in [0.25, 0.3) is 0 Å². The number of carboxylic acids is 1. The lowest BCUT2D eigenvalue weighted by Crippen LogP contribution is -2.32. The Hall–Kier alpha value is -1.06. The molecule has 2 unspecified atom stereocenters. The van der Waals surface area contributed by atoms with Crippen molar-refractivity contribution in [2.75, 3.05) is 13.1 Å². The third-order valence-corrected chi connectivity index (χ3v) is 4.06. The van der Waals surface area contributed by atoms with Crippen molar-refractivity contribution in [3.63, 3.8) is 0 Å². The van der Waals surface area contributed by atoms with Gasteiger partial charge in [-0.1, -0.05) is 27.7 Å². The van der Waals surface area contributed by atoms with Crippen LogP contribution in [0.2, 0.25) is 0 Å².